The fraction of sp³-hybridized carbons (Fsp3) is 0.273. The largest absolute Gasteiger partial charge is 0.469 e. The molecule has 18 heavy (non-hydrogen) atoms. The van der Waals surface area contributed by atoms with Crippen molar-refractivity contribution in [3.8, 4) is 0 Å². The van der Waals surface area contributed by atoms with E-state index in [1.54, 1.807) is 0 Å². The Morgan fingerprint density at radius 1 is 1.44 bits per heavy atom. The number of carbonyl (C=O) groups excluding carboxylic acids is 2. The van der Waals surface area contributed by atoms with Gasteiger partial charge in [-0.15, -0.1) is 11.8 Å². The normalized spacial score (nSPS) is 10.1. The van der Waals surface area contributed by atoms with E-state index >= 15 is 0 Å². The van der Waals surface area contributed by atoms with Crippen LogP contribution in [-0.2, 0) is 9.53 Å². The molecule has 1 aromatic rings. The second-order valence-corrected chi connectivity index (χ2v) is 4.55. The first-order chi connectivity index (χ1) is 8.45. The first-order valence-electron chi connectivity index (χ1n) is 5.04. The van der Waals surface area contributed by atoms with E-state index in [9.17, 15) is 14.0 Å². The zero-order valence-electron chi connectivity index (χ0n) is 9.73. The van der Waals surface area contributed by atoms with Gasteiger partial charge in [0.15, 0.2) is 0 Å². The van der Waals surface area contributed by atoms with Crippen molar-refractivity contribution in [2.75, 3.05) is 18.6 Å². The van der Waals surface area contributed by atoms with Crippen molar-refractivity contribution in [3.05, 3.63) is 23.5 Å². The van der Waals surface area contributed by atoms with Crippen molar-refractivity contribution in [2.45, 2.75) is 11.3 Å². The third-order valence-corrected chi connectivity index (χ3v) is 3.19. The summed E-state index contributed by atoms with van der Waals surface area (Å²) >= 11 is 1.09. The van der Waals surface area contributed by atoms with Crippen molar-refractivity contribution in [1.82, 2.24) is 0 Å². The van der Waals surface area contributed by atoms with Crippen LogP contribution in [0.4, 0.5) is 10.1 Å². The molecule has 1 rings (SSSR count). The van der Waals surface area contributed by atoms with Crippen LogP contribution in [0.3, 0.4) is 0 Å². The van der Waals surface area contributed by atoms with Gasteiger partial charge in [-0.1, -0.05) is 0 Å². The number of esters is 1. The first kappa shape index (κ1) is 14.3. The van der Waals surface area contributed by atoms with Gasteiger partial charge in [0.25, 0.3) is 5.91 Å². The summed E-state index contributed by atoms with van der Waals surface area (Å²) in [5.41, 5.74) is 10.6. The number of hydrogen-bond donors (Lipinski definition) is 2. The molecule has 5 nitrogen and oxygen atoms in total. The van der Waals surface area contributed by atoms with Gasteiger partial charge in [0.1, 0.15) is 5.82 Å². The van der Waals surface area contributed by atoms with Gasteiger partial charge in [-0.2, -0.15) is 0 Å². The highest BCUT2D eigenvalue weighted by molar-refractivity contribution is 7.99. The number of carbonyl (C=O) groups is 2. The Bertz CT molecular complexity index is 480. The van der Waals surface area contributed by atoms with E-state index in [0.29, 0.717) is 5.75 Å². The van der Waals surface area contributed by atoms with E-state index in [4.69, 9.17) is 11.5 Å². The number of rotatable bonds is 5. The van der Waals surface area contributed by atoms with E-state index < -0.39 is 11.7 Å². The average Bonchev–Trinajstić information content (AvgIpc) is 2.31. The van der Waals surface area contributed by atoms with Crippen LogP contribution in [0, 0.1) is 5.82 Å². The molecule has 4 N–H and O–H groups in total. The summed E-state index contributed by atoms with van der Waals surface area (Å²) in [6, 6.07) is 2.33. The molecule has 0 aliphatic heterocycles. The number of amides is 1. The lowest BCUT2D eigenvalue weighted by molar-refractivity contribution is -0.140. The summed E-state index contributed by atoms with van der Waals surface area (Å²) in [7, 11) is 1.28. The molecule has 0 radical (unpaired) electrons. The molecule has 0 atom stereocenters. The topological polar surface area (TPSA) is 95.4 Å². The number of anilines is 1. The molecule has 0 aromatic heterocycles. The highest BCUT2D eigenvalue weighted by Gasteiger charge is 2.12. The lowest BCUT2D eigenvalue weighted by Crippen LogP contribution is -2.14. The predicted molar refractivity (Wildman–Crippen MR) is 66.7 cm³/mol. The molecule has 0 saturated heterocycles. The molecule has 98 valence electrons. The molecule has 1 aromatic carbocycles. The Balaban J connectivity index is 2.79. The third kappa shape index (κ3) is 3.63. The number of thioether (sulfide) groups is 1. The van der Waals surface area contributed by atoms with Crippen LogP contribution in [0.15, 0.2) is 17.0 Å². The van der Waals surface area contributed by atoms with Gasteiger partial charge in [-0.05, 0) is 12.1 Å². The molecule has 0 bridgehead atoms. The summed E-state index contributed by atoms with van der Waals surface area (Å²) in [6.45, 7) is 0. The van der Waals surface area contributed by atoms with Crippen LogP contribution in [0.25, 0.3) is 0 Å². The maximum atomic E-state index is 13.5. The molecular formula is C11H13FN2O3S. The van der Waals surface area contributed by atoms with Crippen LogP contribution in [-0.4, -0.2) is 24.7 Å². The standard InChI is InChI=1S/C11H13FN2O3S/c1-17-10(15)2-3-18-9-4-6(11(14)16)8(13)5-7(9)12/h4-5H,2-3,13H2,1H3,(H2,14,16). The number of ether oxygens (including phenoxy) is 1. The average molecular weight is 272 g/mol. The summed E-state index contributed by atoms with van der Waals surface area (Å²) in [6.07, 6.45) is 0.150. The molecule has 0 fully saturated rings. The fourth-order valence-electron chi connectivity index (χ4n) is 1.24. The van der Waals surface area contributed by atoms with Crippen molar-refractivity contribution in [3.63, 3.8) is 0 Å². The number of hydrogen-bond acceptors (Lipinski definition) is 5. The lowest BCUT2D eigenvalue weighted by atomic mass is 10.1. The van der Waals surface area contributed by atoms with Crippen molar-refractivity contribution >= 4 is 29.3 Å². The number of nitrogens with two attached hydrogens (primary N) is 2. The molecule has 7 heteroatoms. The van der Waals surface area contributed by atoms with Crippen molar-refractivity contribution in [1.29, 1.82) is 0 Å². The quantitative estimate of drug-likeness (QED) is 0.476. The minimum atomic E-state index is -0.720. The first-order valence-corrected chi connectivity index (χ1v) is 6.02. The smallest absolute Gasteiger partial charge is 0.306 e. The number of methoxy groups -OCH3 is 1. The van der Waals surface area contributed by atoms with Crippen LogP contribution in [0.1, 0.15) is 16.8 Å². The summed E-state index contributed by atoms with van der Waals surface area (Å²) < 4.78 is 18.0. The van der Waals surface area contributed by atoms with E-state index in [1.807, 2.05) is 0 Å². The zero-order valence-corrected chi connectivity index (χ0v) is 10.6. The second-order valence-electron chi connectivity index (χ2n) is 3.41. The Morgan fingerprint density at radius 2 is 2.11 bits per heavy atom. The minimum absolute atomic E-state index is 0.00248. The van der Waals surface area contributed by atoms with Crippen molar-refractivity contribution < 1.29 is 18.7 Å². The number of nitrogen functional groups attached to an aromatic ring is 1. The Hall–Kier alpha value is -1.76. The summed E-state index contributed by atoms with van der Waals surface area (Å²) in [4.78, 5) is 22.2. The molecule has 0 unspecified atom stereocenters. The van der Waals surface area contributed by atoms with E-state index in [0.717, 1.165) is 17.8 Å². The highest BCUT2D eigenvalue weighted by atomic mass is 32.2. The summed E-state index contributed by atoms with van der Waals surface area (Å²) in [5.74, 6) is -1.31. The predicted octanol–water partition coefficient (Wildman–Crippen LogP) is 1.16. The summed E-state index contributed by atoms with van der Waals surface area (Å²) in [5, 5.41) is 0. The van der Waals surface area contributed by atoms with Crippen LogP contribution in [0.5, 0.6) is 0 Å². The van der Waals surface area contributed by atoms with Crippen molar-refractivity contribution in [2.24, 2.45) is 5.73 Å². The van der Waals surface area contributed by atoms with E-state index in [1.165, 1.54) is 13.2 Å². The molecule has 0 aliphatic rings. The maximum absolute atomic E-state index is 13.5. The Kier molecular flexibility index (Phi) is 4.96. The van der Waals surface area contributed by atoms with Gasteiger partial charge in [-0.25, -0.2) is 4.39 Å². The van der Waals surface area contributed by atoms with Gasteiger partial charge < -0.3 is 16.2 Å². The fourth-order valence-corrected chi connectivity index (χ4v) is 2.13. The molecular weight excluding hydrogens is 259 g/mol. The molecule has 0 aliphatic carbocycles. The highest BCUT2D eigenvalue weighted by Crippen LogP contribution is 2.27. The minimum Gasteiger partial charge on any atom is -0.469 e. The second kappa shape index (κ2) is 6.25. The Morgan fingerprint density at radius 3 is 2.67 bits per heavy atom. The van der Waals surface area contributed by atoms with Crippen LogP contribution in [0.2, 0.25) is 0 Å². The Labute approximate surface area is 108 Å². The van der Waals surface area contributed by atoms with E-state index in [-0.39, 0.29) is 28.5 Å². The number of benzene rings is 1. The van der Waals surface area contributed by atoms with Gasteiger partial charge in [0, 0.05) is 16.3 Å². The zero-order chi connectivity index (χ0) is 13.7. The van der Waals surface area contributed by atoms with Gasteiger partial charge in [-0.3, -0.25) is 9.59 Å². The van der Waals surface area contributed by atoms with Crippen LogP contribution < -0.4 is 11.5 Å². The number of primary amides is 1. The molecule has 0 spiro atoms. The molecule has 0 heterocycles. The molecule has 1 amide bonds. The van der Waals surface area contributed by atoms with E-state index in [2.05, 4.69) is 4.74 Å². The van der Waals surface area contributed by atoms with Gasteiger partial charge in [0.05, 0.1) is 19.1 Å². The van der Waals surface area contributed by atoms with Gasteiger partial charge >= 0.3 is 5.97 Å². The maximum Gasteiger partial charge on any atom is 0.306 e. The third-order valence-electron chi connectivity index (χ3n) is 2.16. The van der Waals surface area contributed by atoms with Crippen LogP contribution >= 0.6 is 11.8 Å². The lowest BCUT2D eigenvalue weighted by Gasteiger charge is -2.07. The van der Waals surface area contributed by atoms with Gasteiger partial charge in [0.2, 0.25) is 0 Å². The SMILES string of the molecule is COC(=O)CCSc1cc(C(N)=O)c(N)cc1F. The molecule has 0 saturated carbocycles. The monoisotopic (exact) mass is 272 g/mol. The number of halogens is 1.